The van der Waals surface area contributed by atoms with Crippen molar-refractivity contribution in [3.63, 3.8) is 0 Å². The number of halogens is 1. The predicted octanol–water partition coefficient (Wildman–Crippen LogP) is 1.20. The second kappa shape index (κ2) is 7.62. The number of anilines is 1. The van der Waals surface area contributed by atoms with Crippen molar-refractivity contribution >= 4 is 24.3 Å². The van der Waals surface area contributed by atoms with Gasteiger partial charge in [0.15, 0.2) is 5.82 Å². The number of carbonyl (C=O) groups excluding carboxylic acids is 1. The van der Waals surface area contributed by atoms with Gasteiger partial charge in [-0.15, -0.1) is 17.5 Å². The number of H-pyrrole nitrogens is 1. The molecule has 0 aliphatic heterocycles. The lowest BCUT2D eigenvalue weighted by molar-refractivity contribution is -0.117. The van der Waals surface area contributed by atoms with Crippen LogP contribution >= 0.6 is 12.4 Å². The van der Waals surface area contributed by atoms with Crippen LogP contribution in [0.5, 0.6) is 11.5 Å². The maximum atomic E-state index is 11.5. The van der Waals surface area contributed by atoms with Gasteiger partial charge in [-0.2, -0.15) is 4.98 Å². The molecule has 0 aliphatic rings. The molecule has 0 fully saturated rings. The molecule has 0 aliphatic carbocycles. The van der Waals surface area contributed by atoms with Crippen LogP contribution in [0.2, 0.25) is 0 Å². The van der Waals surface area contributed by atoms with Gasteiger partial charge in [0, 0.05) is 6.07 Å². The Labute approximate surface area is 133 Å². The van der Waals surface area contributed by atoms with E-state index in [1.807, 2.05) is 0 Å². The molecule has 0 bridgehead atoms. The fourth-order valence-electron chi connectivity index (χ4n) is 1.66. The number of rotatable bonds is 5. The van der Waals surface area contributed by atoms with Crippen molar-refractivity contribution in [1.29, 1.82) is 0 Å². The van der Waals surface area contributed by atoms with Crippen molar-refractivity contribution in [2.24, 2.45) is 5.73 Å². The Bertz CT molecular complexity index is 644. The van der Waals surface area contributed by atoms with Gasteiger partial charge < -0.3 is 15.2 Å². The molecule has 1 amide bonds. The lowest BCUT2D eigenvalue weighted by Gasteiger charge is -2.07. The third-order valence-corrected chi connectivity index (χ3v) is 2.80. The number of nitrogens with two attached hydrogens (primary N) is 1. The van der Waals surface area contributed by atoms with Crippen molar-refractivity contribution in [3.05, 3.63) is 18.2 Å². The number of amides is 1. The van der Waals surface area contributed by atoms with Gasteiger partial charge in [0.1, 0.15) is 11.5 Å². The molecular weight excluding hydrogens is 310 g/mol. The first-order chi connectivity index (χ1) is 10.0. The number of carbonyl (C=O) groups is 1. The molecule has 120 valence electrons. The average Bonchev–Trinajstić information content (AvgIpc) is 2.94. The third-order valence-electron chi connectivity index (χ3n) is 2.80. The van der Waals surface area contributed by atoms with Crippen LogP contribution in [-0.2, 0) is 4.79 Å². The van der Waals surface area contributed by atoms with Crippen molar-refractivity contribution in [3.8, 4) is 22.9 Å². The summed E-state index contributed by atoms with van der Waals surface area (Å²) in [5, 5.41) is 9.17. The van der Waals surface area contributed by atoms with Gasteiger partial charge in [-0.05, 0) is 19.1 Å². The minimum atomic E-state index is -0.637. The molecule has 8 nitrogen and oxygen atoms in total. The summed E-state index contributed by atoms with van der Waals surface area (Å²) in [6, 6.07) is 4.66. The smallest absolute Gasteiger partial charge is 0.249 e. The molecule has 0 radical (unpaired) electrons. The molecule has 1 aromatic carbocycles. The Balaban J connectivity index is 0.00000242. The molecule has 0 spiro atoms. The molecular formula is C13H18ClN5O3. The predicted molar refractivity (Wildman–Crippen MR) is 84.4 cm³/mol. The van der Waals surface area contributed by atoms with Gasteiger partial charge in [-0.25, -0.2) is 0 Å². The van der Waals surface area contributed by atoms with Crippen LogP contribution in [0, 0.1) is 0 Å². The van der Waals surface area contributed by atoms with Crippen molar-refractivity contribution < 1.29 is 14.3 Å². The summed E-state index contributed by atoms with van der Waals surface area (Å²) in [4.78, 5) is 15.7. The van der Waals surface area contributed by atoms with Gasteiger partial charge in [0.05, 0.1) is 25.8 Å². The van der Waals surface area contributed by atoms with Crippen molar-refractivity contribution in [2.45, 2.75) is 13.0 Å². The highest BCUT2D eigenvalue weighted by Crippen LogP contribution is 2.31. The molecule has 1 unspecified atom stereocenters. The topological polar surface area (TPSA) is 115 Å². The lowest BCUT2D eigenvalue weighted by Crippen LogP contribution is -2.32. The minimum Gasteiger partial charge on any atom is -0.497 e. The van der Waals surface area contributed by atoms with Crippen LogP contribution in [-0.4, -0.2) is 41.3 Å². The number of hydrogen-bond acceptors (Lipinski definition) is 6. The van der Waals surface area contributed by atoms with Crippen LogP contribution < -0.4 is 20.5 Å². The molecule has 9 heteroatoms. The maximum absolute atomic E-state index is 11.5. The molecule has 0 saturated carbocycles. The average molecular weight is 328 g/mol. The summed E-state index contributed by atoms with van der Waals surface area (Å²) in [6.45, 7) is 1.58. The minimum absolute atomic E-state index is 0. The number of benzene rings is 1. The second-order valence-electron chi connectivity index (χ2n) is 4.35. The zero-order chi connectivity index (χ0) is 15.4. The SMILES string of the molecule is COc1ccc(-c2nc(NC(=O)C(C)N)n[nH]2)c(OC)c1.Cl. The fraction of sp³-hybridized carbons (Fsp3) is 0.308. The number of nitrogens with zero attached hydrogens (tertiary/aromatic N) is 2. The zero-order valence-corrected chi connectivity index (χ0v) is 13.2. The van der Waals surface area contributed by atoms with Gasteiger partial charge in [0.2, 0.25) is 11.9 Å². The highest BCUT2D eigenvalue weighted by Gasteiger charge is 2.14. The highest BCUT2D eigenvalue weighted by atomic mass is 35.5. The number of hydrogen-bond donors (Lipinski definition) is 3. The summed E-state index contributed by atoms with van der Waals surface area (Å²) in [5.41, 5.74) is 6.17. The number of aromatic amines is 1. The van der Waals surface area contributed by atoms with E-state index in [4.69, 9.17) is 15.2 Å². The van der Waals surface area contributed by atoms with E-state index in [-0.39, 0.29) is 24.3 Å². The summed E-state index contributed by atoms with van der Waals surface area (Å²) >= 11 is 0. The Morgan fingerprint density at radius 2 is 2.09 bits per heavy atom. The second-order valence-corrected chi connectivity index (χ2v) is 4.35. The van der Waals surface area contributed by atoms with Crippen LogP contribution in [0.1, 0.15) is 6.92 Å². The first kappa shape index (κ1) is 17.7. The summed E-state index contributed by atoms with van der Waals surface area (Å²) < 4.78 is 10.4. The van der Waals surface area contributed by atoms with Crippen LogP contribution in [0.4, 0.5) is 5.95 Å². The van der Waals surface area contributed by atoms with E-state index in [9.17, 15) is 4.79 Å². The number of nitrogens with one attached hydrogen (secondary N) is 2. The van der Waals surface area contributed by atoms with Gasteiger partial charge in [-0.1, -0.05) is 0 Å². The normalized spacial score (nSPS) is 11.3. The van der Waals surface area contributed by atoms with E-state index in [0.717, 1.165) is 0 Å². The van der Waals surface area contributed by atoms with Crippen molar-refractivity contribution in [2.75, 3.05) is 19.5 Å². The number of ether oxygens (including phenoxy) is 2. The van der Waals surface area contributed by atoms with Gasteiger partial charge >= 0.3 is 0 Å². The Morgan fingerprint density at radius 1 is 1.36 bits per heavy atom. The summed E-state index contributed by atoms with van der Waals surface area (Å²) in [5.74, 6) is 1.51. The zero-order valence-electron chi connectivity index (χ0n) is 12.4. The van der Waals surface area contributed by atoms with E-state index in [0.29, 0.717) is 22.9 Å². The first-order valence-corrected chi connectivity index (χ1v) is 6.26. The summed E-state index contributed by atoms with van der Waals surface area (Å²) in [6.07, 6.45) is 0. The monoisotopic (exact) mass is 327 g/mol. The fourth-order valence-corrected chi connectivity index (χ4v) is 1.66. The summed E-state index contributed by atoms with van der Waals surface area (Å²) in [7, 11) is 3.12. The van der Waals surface area contributed by atoms with E-state index in [1.54, 1.807) is 39.3 Å². The molecule has 0 saturated heterocycles. The standard InChI is InChI=1S/C13H17N5O3.ClH/c1-7(14)12(19)16-13-15-11(17-18-13)9-5-4-8(20-2)6-10(9)21-3;/h4-7H,14H2,1-3H3,(H2,15,16,17,18,19);1H. The third kappa shape index (κ3) is 3.86. The number of methoxy groups -OCH3 is 2. The van der Waals surface area contributed by atoms with E-state index < -0.39 is 6.04 Å². The first-order valence-electron chi connectivity index (χ1n) is 6.26. The van der Waals surface area contributed by atoms with Crippen LogP contribution in [0.25, 0.3) is 11.4 Å². The molecule has 2 rings (SSSR count). The lowest BCUT2D eigenvalue weighted by atomic mass is 10.2. The van der Waals surface area contributed by atoms with Crippen LogP contribution in [0.15, 0.2) is 18.2 Å². The van der Waals surface area contributed by atoms with E-state index >= 15 is 0 Å². The largest absolute Gasteiger partial charge is 0.497 e. The molecule has 1 atom stereocenters. The van der Waals surface area contributed by atoms with E-state index in [1.165, 1.54) is 0 Å². The van der Waals surface area contributed by atoms with Crippen LogP contribution in [0.3, 0.4) is 0 Å². The van der Waals surface area contributed by atoms with E-state index in [2.05, 4.69) is 20.5 Å². The highest BCUT2D eigenvalue weighted by molar-refractivity contribution is 5.93. The number of aromatic nitrogens is 3. The Morgan fingerprint density at radius 3 is 2.68 bits per heavy atom. The Kier molecular flexibility index (Phi) is 6.14. The molecule has 1 aromatic heterocycles. The molecule has 4 N–H and O–H groups in total. The molecule has 1 heterocycles. The Hall–Kier alpha value is -2.32. The molecule has 2 aromatic rings. The van der Waals surface area contributed by atoms with Gasteiger partial charge in [0.25, 0.3) is 0 Å². The quantitative estimate of drug-likeness (QED) is 0.760. The maximum Gasteiger partial charge on any atom is 0.249 e. The molecule has 22 heavy (non-hydrogen) atoms. The van der Waals surface area contributed by atoms with Crippen molar-refractivity contribution in [1.82, 2.24) is 15.2 Å². The van der Waals surface area contributed by atoms with Gasteiger partial charge in [-0.3, -0.25) is 15.2 Å².